The number of hydrogen-bond acceptors (Lipinski definition) is 7. The summed E-state index contributed by atoms with van der Waals surface area (Å²) >= 11 is 15.2. The number of nitrogens with zero attached hydrogens (tertiary/aromatic N) is 2. The van der Waals surface area contributed by atoms with Crippen molar-refractivity contribution in [2.75, 3.05) is 23.8 Å². The highest BCUT2D eigenvalue weighted by Crippen LogP contribution is 2.38. The van der Waals surface area contributed by atoms with Crippen LogP contribution in [0.3, 0.4) is 0 Å². The van der Waals surface area contributed by atoms with Crippen LogP contribution in [-0.2, 0) is 13.1 Å². The maximum Gasteiger partial charge on any atom is 0.195 e. The Labute approximate surface area is 221 Å². The molecule has 0 spiro atoms. The summed E-state index contributed by atoms with van der Waals surface area (Å²) in [4.78, 5) is 4.80. The average Bonchev–Trinajstić information content (AvgIpc) is 3.40. The fourth-order valence-electron chi connectivity index (χ4n) is 3.31. The third-order valence-corrected chi connectivity index (χ3v) is 7.53. The van der Waals surface area contributed by atoms with Gasteiger partial charge in [0.05, 0.1) is 36.4 Å². The number of benzene rings is 3. The summed E-state index contributed by atoms with van der Waals surface area (Å²) in [6.07, 6.45) is 1.71. The lowest BCUT2D eigenvalue weighted by Crippen LogP contribution is -2.15. The van der Waals surface area contributed by atoms with Crippen LogP contribution in [0, 0.1) is 5.82 Å². The second-order valence-electron chi connectivity index (χ2n) is 7.37. The second-order valence-corrected chi connectivity index (χ2v) is 10.1. The van der Waals surface area contributed by atoms with Gasteiger partial charge in [0.1, 0.15) is 17.3 Å². The molecule has 0 aliphatic carbocycles. The Balaban J connectivity index is 1.55. The molecule has 0 aliphatic heterocycles. The molecule has 0 amide bonds. The van der Waals surface area contributed by atoms with Gasteiger partial charge in [-0.05, 0) is 53.9 Å². The standard InChI is InChI=1S/C25H22Cl2FN3O2S2/c1-32-19-7-6-17(23(11-19)33-2)15-31(25-29-8-9-34-25)35-24-12-20(27)22(13-21(24)28)30-14-16-4-3-5-18(26)10-16/h3-13,30H,14-15H2,1-2H3. The van der Waals surface area contributed by atoms with Gasteiger partial charge in [-0.1, -0.05) is 35.3 Å². The summed E-state index contributed by atoms with van der Waals surface area (Å²) < 4.78 is 27.9. The van der Waals surface area contributed by atoms with Crippen molar-refractivity contribution in [2.45, 2.75) is 18.0 Å². The van der Waals surface area contributed by atoms with Gasteiger partial charge in [0.2, 0.25) is 0 Å². The molecule has 35 heavy (non-hydrogen) atoms. The summed E-state index contributed by atoms with van der Waals surface area (Å²) in [6, 6.07) is 16.1. The highest BCUT2D eigenvalue weighted by atomic mass is 35.5. The Morgan fingerprint density at radius 2 is 1.94 bits per heavy atom. The topological polar surface area (TPSA) is 46.6 Å². The number of methoxy groups -OCH3 is 2. The summed E-state index contributed by atoms with van der Waals surface area (Å²) in [6.45, 7) is 0.895. The van der Waals surface area contributed by atoms with Crippen LogP contribution >= 0.6 is 46.5 Å². The molecule has 5 nitrogen and oxygen atoms in total. The fraction of sp³-hybridized carbons (Fsp3) is 0.160. The number of ether oxygens (including phenoxy) is 2. The van der Waals surface area contributed by atoms with Crippen LogP contribution in [0.25, 0.3) is 0 Å². The van der Waals surface area contributed by atoms with Crippen molar-refractivity contribution in [3.63, 3.8) is 0 Å². The minimum absolute atomic E-state index is 0.381. The van der Waals surface area contributed by atoms with Gasteiger partial charge in [-0.3, -0.25) is 4.31 Å². The van der Waals surface area contributed by atoms with E-state index in [2.05, 4.69) is 10.3 Å². The Kier molecular flexibility index (Phi) is 8.62. The number of halogens is 3. The molecule has 3 aromatic carbocycles. The highest BCUT2D eigenvalue weighted by Gasteiger charge is 2.19. The maximum absolute atomic E-state index is 15.2. The van der Waals surface area contributed by atoms with Crippen LogP contribution in [0.15, 0.2) is 71.1 Å². The van der Waals surface area contributed by atoms with Crippen LogP contribution in [-0.4, -0.2) is 19.2 Å². The molecule has 1 aromatic heterocycles. The predicted molar refractivity (Wildman–Crippen MR) is 144 cm³/mol. The molecule has 0 unspecified atom stereocenters. The molecule has 0 saturated heterocycles. The third-order valence-electron chi connectivity index (χ3n) is 5.04. The number of aromatic nitrogens is 1. The van der Waals surface area contributed by atoms with E-state index in [1.54, 1.807) is 32.5 Å². The van der Waals surface area contributed by atoms with Crippen molar-refractivity contribution in [1.29, 1.82) is 0 Å². The zero-order valence-corrected chi connectivity index (χ0v) is 22.1. The number of thiazole rings is 1. The molecule has 4 aromatic rings. The Morgan fingerprint density at radius 3 is 2.66 bits per heavy atom. The van der Waals surface area contributed by atoms with Crippen molar-refractivity contribution in [3.8, 4) is 11.5 Å². The zero-order chi connectivity index (χ0) is 24.8. The smallest absolute Gasteiger partial charge is 0.195 e. The second kappa shape index (κ2) is 11.9. The molecule has 0 bridgehead atoms. The molecule has 0 radical (unpaired) electrons. The molecule has 0 aliphatic rings. The van der Waals surface area contributed by atoms with E-state index < -0.39 is 5.82 Å². The first-order valence-corrected chi connectivity index (χ1v) is 12.9. The van der Waals surface area contributed by atoms with Crippen molar-refractivity contribution in [1.82, 2.24) is 4.98 Å². The van der Waals surface area contributed by atoms with Crippen LogP contribution in [0.2, 0.25) is 10.0 Å². The van der Waals surface area contributed by atoms with Crippen molar-refractivity contribution < 1.29 is 13.9 Å². The van der Waals surface area contributed by atoms with Crippen LogP contribution in [0.4, 0.5) is 15.2 Å². The third kappa shape index (κ3) is 6.52. The minimum Gasteiger partial charge on any atom is -0.497 e. The van der Waals surface area contributed by atoms with Gasteiger partial charge in [-0.15, -0.1) is 11.3 Å². The quantitative estimate of drug-likeness (QED) is 0.202. The molecule has 1 heterocycles. The number of anilines is 2. The van der Waals surface area contributed by atoms with Gasteiger partial charge in [0.25, 0.3) is 0 Å². The summed E-state index contributed by atoms with van der Waals surface area (Å²) in [5.41, 5.74) is 2.38. The predicted octanol–water partition coefficient (Wildman–Crippen LogP) is 7.93. The van der Waals surface area contributed by atoms with Gasteiger partial charge in [-0.25, -0.2) is 9.37 Å². The first-order chi connectivity index (χ1) is 17.0. The van der Waals surface area contributed by atoms with Gasteiger partial charge in [0.15, 0.2) is 5.13 Å². The summed E-state index contributed by atoms with van der Waals surface area (Å²) in [5.74, 6) is 0.972. The molecule has 182 valence electrons. The molecule has 0 atom stereocenters. The normalized spacial score (nSPS) is 10.8. The van der Waals surface area contributed by atoms with Gasteiger partial charge < -0.3 is 14.8 Å². The van der Waals surface area contributed by atoms with Crippen LogP contribution < -0.4 is 19.1 Å². The lowest BCUT2D eigenvalue weighted by molar-refractivity contribution is 0.391. The Bertz CT molecular complexity index is 1290. The van der Waals surface area contributed by atoms with Crippen molar-refractivity contribution >= 4 is 57.3 Å². The molecule has 4 rings (SSSR count). The van der Waals surface area contributed by atoms with E-state index in [9.17, 15) is 0 Å². The van der Waals surface area contributed by atoms with E-state index in [4.69, 9.17) is 32.7 Å². The summed E-state index contributed by atoms with van der Waals surface area (Å²) in [5, 5.41) is 6.84. The Hall–Kier alpha value is -2.65. The first kappa shape index (κ1) is 25.4. The molecular weight excluding hydrogens is 528 g/mol. The zero-order valence-electron chi connectivity index (χ0n) is 18.9. The SMILES string of the molecule is COc1ccc(CN(Sc2cc(Cl)c(NCc3cccc(Cl)c3)cc2F)c2nccs2)c(OC)c1. The largest absolute Gasteiger partial charge is 0.497 e. The average molecular weight is 551 g/mol. The van der Waals surface area contributed by atoms with E-state index in [-0.39, 0.29) is 0 Å². The monoisotopic (exact) mass is 549 g/mol. The lowest BCUT2D eigenvalue weighted by Gasteiger charge is -2.22. The van der Waals surface area contributed by atoms with E-state index in [1.807, 2.05) is 46.1 Å². The molecule has 10 heteroatoms. The molecule has 0 fully saturated rings. The number of rotatable bonds is 10. The first-order valence-electron chi connectivity index (χ1n) is 10.5. The molecule has 0 saturated carbocycles. The van der Waals surface area contributed by atoms with E-state index in [1.165, 1.54) is 29.4 Å². The van der Waals surface area contributed by atoms with Gasteiger partial charge >= 0.3 is 0 Å². The van der Waals surface area contributed by atoms with E-state index in [0.29, 0.717) is 45.2 Å². The van der Waals surface area contributed by atoms with Crippen molar-refractivity contribution in [2.24, 2.45) is 0 Å². The number of nitrogens with one attached hydrogen (secondary N) is 1. The Morgan fingerprint density at radius 1 is 1.09 bits per heavy atom. The highest BCUT2D eigenvalue weighted by molar-refractivity contribution is 8.00. The van der Waals surface area contributed by atoms with Gasteiger partial charge in [-0.2, -0.15) is 0 Å². The minimum atomic E-state index is -0.392. The maximum atomic E-state index is 15.2. The molecule has 1 N–H and O–H groups in total. The van der Waals surface area contributed by atoms with Crippen LogP contribution in [0.5, 0.6) is 11.5 Å². The van der Waals surface area contributed by atoms with E-state index in [0.717, 1.165) is 16.3 Å². The molecular formula is C25H22Cl2FN3O2S2. The summed E-state index contributed by atoms with van der Waals surface area (Å²) in [7, 11) is 3.21. The fourth-order valence-corrected chi connectivity index (χ4v) is 5.49. The van der Waals surface area contributed by atoms with Gasteiger partial charge in [0, 0.05) is 34.8 Å². The van der Waals surface area contributed by atoms with Crippen LogP contribution in [0.1, 0.15) is 11.1 Å². The lowest BCUT2D eigenvalue weighted by atomic mass is 10.2. The van der Waals surface area contributed by atoms with E-state index >= 15 is 4.39 Å². The number of hydrogen-bond donors (Lipinski definition) is 1. The van der Waals surface area contributed by atoms with Crippen molar-refractivity contribution in [3.05, 3.63) is 93.2 Å².